The lowest BCUT2D eigenvalue weighted by Crippen LogP contribution is -2.07. The van der Waals surface area contributed by atoms with Crippen LogP contribution < -0.4 is 10.5 Å². The highest BCUT2D eigenvalue weighted by atomic mass is 32.2. The first kappa shape index (κ1) is 12.7. The molecule has 5 heteroatoms. The number of anilines is 1. The van der Waals surface area contributed by atoms with Gasteiger partial charge in [-0.1, -0.05) is 17.8 Å². The van der Waals surface area contributed by atoms with Crippen LogP contribution in [0, 0.1) is 0 Å². The van der Waals surface area contributed by atoms with Gasteiger partial charge < -0.3 is 10.5 Å². The minimum absolute atomic E-state index is 0.103. The SMILES string of the molecule is CC(C)Oc1cccc(Sc2ccncn2)c1N. The summed E-state index contributed by atoms with van der Waals surface area (Å²) in [6, 6.07) is 7.60. The van der Waals surface area contributed by atoms with E-state index < -0.39 is 0 Å². The molecule has 0 unspecified atom stereocenters. The van der Waals surface area contributed by atoms with E-state index >= 15 is 0 Å². The summed E-state index contributed by atoms with van der Waals surface area (Å²) in [5.41, 5.74) is 6.74. The van der Waals surface area contributed by atoms with E-state index in [1.165, 1.54) is 18.1 Å². The number of benzene rings is 1. The lowest BCUT2D eigenvalue weighted by Gasteiger charge is -2.14. The van der Waals surface area contributed by atoms with Crippen molar-refractivity contribution < 1.29 is 4.74 Å². The van der Waals surface area contributed by atoms with Gasteiger partial charge >= 0.3 is 0 Å². The molecule has 0 amide bonds. The number of para-hydroxylation sites is 1. The summed E-state index contributed by atoms with van der Waals surface area (Å²) in [6.07, 6.45) is 3.33. The summed E-state index contributed by atoms with van der Waals surface area (Å²) < 4.78 is 5.65. The number of nitrogens with two attached hydrogens (primary N) is 1. The van der Waals surface area contributed by atoms with Crippen molar-refractivity contribution in [2.45, 2.75) is 29.9 Å². The Morgan fingerprint density at radius 1 is 1.28 bits per heavy atom. The number of nitrogen functional groups attached to an aromatic ring is 1. The molecule has 2 rings (SSSR count). The normalized spacial score (nSPS) is 10.6. The molecule has 1 aromatic carbocycles. The van der Waals surface area contributed by atoms with Gasteiger partial charge in [0.15, 0.2) is 0 Å². The summed E-state index contributed by atoms with van der Waals surface area (Å²) in [5.74, 6) is 0.712. The second-order valence-electron chi connectivity index (χ2n) is 3.98. The Morgan fingerprint density at radius 2 is 2.11 bits per heavy atom. The number of aromatic nitrogens is 2. The molecule has 1 heterocycles. The molecular formula is C13H15N3OS. The van der Waals surface area contributed by atoms with Crippen molar-refractivity contribution >= 4 is 17.4 Å². The van der Waals surface area contributed by atoms with Crippen molar-refractivity contribution in [3.05, 3.63) is 36.8 Å². The van der Waals surface area contributed by atoms with Crippen molar-refractivity contribution in [2.24, 2.45) is 0 Å². The van der Waals surface area contributed by atoms with Crippen molar-refractivity contribution in [2.75, 3.05) is 5.73 Å². The minimum atomic E-state index is 0.103. The predicted molar refractivity (Wildman–Crippen MR) is 72.8 cm³/mol. The molecule has 0 atom stereocenters. The van der Waals surface area contributed by atoms with Crippen LogP contribution >= 0.6 is 11.8 Å². The summed E-state index contributed by atoms with van der Waals surface area (Å²) in [5, 5.41) is 0.860. The fourth-order valence-corrected chi connectivity index (χ4v) is 2.23. The van der Waals surface area contributed by atoms with E-state index in [2.05, 4.69) is 9.97 Å². The summed E-state index contributed by atoms with van der Waals surface area (Å²) in [4.78, 5) is 8.98. The molecule has 4 nitrogen and oxygen atoms in total. The molecular weight excluding hydrogens is 246 g/mol. The first-order valence-corrected chi connectivity index (χ1v) is 6.47. The Hall–Kier alpha value is -1.75. The fraction of sp³-hybridized carbons (Fsp3) is 0.231. The van der Waals surface area contributed by atoms with Gasteiger partial charge in [-0.3, -0.25) is 0 Å². The Kier molecular flexibility index (Phi) is 4.04. The number of nitrogens with zero attached hydrogens (tertiary/aromatic N) is 2. The van der Waals surface area contributed by atoms with Crippen molar-refractivity contribution in [3.8, 4) is 5.75 Å². The van der Waals surface area contributed by atoms with E-state index in [4.69, 9.17) is 10.5 Å². The van der Waals surface area contributed by atoms with E-state index in [-0.39, 0.29) is 6.10 Å². The molecule has 0 saturated carbocycles. The topological polar surface area (TPSA) is 61.0 Å². The molecule has 0 aliphatic heterocycles. The Bertz CT molecular complexity index is 517. The highest BCUT2D eigenvalue weighted by molar-refractivity contribution is 7.99. The molecule has 0 fully saturated rings. The van der Waals surface area contributed by atoms with E-state index in [0.717, 1.165) is 9.92 Å². The fourth-order valence-electron chi connectivity index (χ4n) is 1.42. The zero-order chi connectivity index (χ0) is 13.0. The second kappa shape index (κ2) is 5.73. The van der Waals surface area contributed by atoms with Gasteiger partial charge in [0.1, 0.15) is 17.1 Å². The predicted octanol–water partition coefficient (Wildman–Crippen LogP) is 3.00. The van der Waals surface area contributed by atoms with Crippen LogP contribution in [0.25, 0.3) is 0 Å². The monoisotopic (exact) mass is 261 g/mol. The summed E-state index contributed by atoms with van der Waals surface area (Å²) in [7, 11) is 0. The van der Waals surface area contributed by atoms with Gasteiger partial charge in [-0.05, 0) is 32.0 Å². The van der Waals surface area contributed by atoms with Crippen LogP contribution in [0.5, 0.6) is 5.75 Å². The van der Waals surface area contributed by atoms with Crippen LogP contribution in [0.1, 0.15) is 13.8 Å². The lowest BCUT2D eigenvalue weighted by atomic mass is 10.3. The van der Waals surface area contributed by atoms with Crippen LogP contribution in [0.2, 0.25) is 0 Å². The van der Waals surface area contributed by atoms with Crippen LogP contribution in [-0.4, -0.2) is 16.1 Å². The lowest BCUT2D eigenvalue weighted by molar-refractivity contribution is 0.243. The molecule has 0 aliphatic carbocycles. The average Bonchev–Trinajstić information content (AvgIpc) is 2.35. The Labute approximate surface area is 111 Å². The molecule has 0 aliphatic rings. The molecule has 18 heavy (non-hydrogen) atoms. The highest BCUT2D eigenvalue weighted by Crippen LogP contribution is 2.36. The van der Waals surface area contributed by atoms with Crippen LogP contribution in [0.3, 0.4) is 0 Å². The third kappa shape index (κ3) is 3.13. The molecule has 1 aromatic heterocycles. The molecule has 94 valence electrons. The standard InChI is InChI=1S/C13H15N3OS/c1-9(2)17-10-4-3-5-11(13(10)14)18-12-6-7-15-8-16-12/h3-9H,14H2,1-2H3. The maximum atomic E-state index is 6.09. The van der Waals surface area contributed by atoms with E-state index in [1.54, 1.807) is 6.20 Å². The Balaban J connectivity index is 2.23. The van der Waals surface area contributed by atoms with Crippen molar-refractivity contribution in [1.29, 1.82) is 0 Å². The van der Waals surface area contributed by atoms with Gasteiger partial charge in [0, 0.05) is 11.1 Å². The first-order valence-electron chi connectivity index (χ1n) is 5.66. The van der Waals surface area contributed by atoms with Gasteiger partial charge in [0.05, 0.1) is 11.8 Å². The quantitative estimate of drug-likeness (QED) is 0.677. The maximum Gasteiger partial charge on any atom is 0.143 e. The second-order valence-corrected chi connectivity index (χ2v) is 5.05. The number of rotatable bonds is 4. The molecule has 0 bridgehead atoms. The summed E-state index contributed by atoms with van der Waals surface area (Å²) >= 11 is 1.50. The summed E-state index contributed by atoms with van der Waals surface area (Å²) in [6.45, 7) is 3.95. The number of hydrogen-bond donors (Lipinski definition) is 1. The largest absolute Gasteiger partial charge is 0.489 e. The van der Waals surface area contributed by atoms with Crippen LogP contribution in [-0.2, 0) is 0 Å². The average molecular weight is 261 g/mol. The van der Waals surface area contributed by atoms with Gasteiger partial charge in [-0.2, -0.15) is 0 Å². The van der Waals surface area contributed by atoms with Crippen LogP contribution in [0.4, 0.5) is 5.69 Å². The molecule has 0 spiro atoms. The van der Waals surface area contributed by atoms with Gasteiger partial charge in [-0.25, -0.2) is 9.97 Å². The minimum Gasteiger partial charge on any atom is -0.489 e. The molecule has 2 N–H and O–H groups in total. The molecule has 0 radical (unpaired) electrons. The van der Waals surface area contributed by atoms with Crippen molar-refractivity contribution in [3.63, 3.8) is 0 Å². The first-order chi connectivity index (χ1) is 8.66. The number of ether oxygens (including phenoxy) is 1. The zero-order valence-electron chi connectivity index (χ0n) is 10.3. The van der Waals surface area contributed by atoms with Gasteiger partial charge in [0.2, 0.25) is 0 Å². The smallest absolute Gasteiger partial charge is 0.143 e. The molecule has 2 aromatic rings. The van der Waals surface area contributed by atoms with E-state index in [9.17, 15) is 0 Å². The van der Waals surface area contributed by atoms with Crippen LogP contribution in [0.15, 0.2) is 46.7 Å². The Morgan fingerprint density at radius 3 is 2.78 bits per heavy atom. The molecule has 0 saturated heterocycles. The van der Waals surface area contributed by atoms with E-state index in [1.807, 2.05) is 38.1 Å². The maximum absolute atomic E-state index is 6.09. The zero-order valence-corrected chi connectivity index (χ0v) is 11.1. The van der Waals surface area contributed by atoms with Crippen molar-refractivity contribution in [1.82, 2.24) is 9.97 Å². The third-order valence-electron chi connectivity index (χ3n) is 2.16. The van der Waals surface area contributed by atoms with E-state index in [0.29, 0.717) is 11.4 Å². The van der Waals surface area contributed by atoms with Gasteiger partial charge in [-0.15, -0.1) is 0 Å². The number of hydrogen-bond acceptors (Lipinski definition) is 5. The highest BCUT2D eigenvalue weighted by Gasteiger charge is 2.09. The third-order valence-corrected chi connectivity index (χ3v) is 3.18. The van der Waals surface area contributed by atoms with Gasteiger partial charge in [0.25, 0.3) is 0 Å².